The van der Waals surface area contributed by atoms with Crippen LogP contribution in [0, 0.1) is 105 Å². The first-order valence-electron chi connectivity index (χ1n) is 22.3. The van der Waals surface area contributed by atoms with Crippen molar-refractivity contribution in [3.8, 4) is 44.5 Å². The van der Waals surface area contributed by atoms with E-state index in [0.29, 0.717) is 12.2 Å². The van der Waals surface area contributed by atoms with E-state index in [9.17, 15) is 8.78 Å². The Morgan fingerprint density at radius 3 is 0.700 bits per heavy atom. The quantitative estimate of drug-likeness (QED) is 0.0896. The maximum atomic E-state index is 16.9. The molecule has 0 saturated heterocycles. The first kappa shape index (κ1) is 53.2. The molecule has 0 fully saturated rings. The van der Waals surface area contributed by atoms with Gasteiger partial charge in [0.15, 0.2) is 93.1 Å². The highest BCUT2D eigenvalue weighted by molar-refractivity contribution is 7.99. The molecule has 26 heteroatoms. The Balaban J connectivity index is 1.35. The average Bonchev–Trinajstić information content (AvgIpc) is 4.40. The molecule has 7 heterocycles. The van der Waals surface area contributed by atoms with Gasteiger partial charge in [-0.1, -0.05) is 23.5 Å². The van der Waals surface area contributed by atoms with Crippen molar-refractivity contribution in [2.45, 2.75) is 19.6 Å². The average molecular weight is 1160 g/mol. The number of rotatable bonds is 8. The van der Waals surface area contributed by atoms with Gasteiger partial charge in [-0.2, -0.15) is 0 Å². The Hall–Kier alpha value is -8.78. The lowest BCUT2D eigenvalue weighted by molar-refractivity contribution is 0.381. The number of halogens is 18. The van der Waals surface area contributed by atoms with Gasteiger partial charge in [0.25, 0.3) is 0 Å². The number of aromatic nitrogens is 6. The van der Waals surface area contributed by atoms with Gasteiger partial charge >= 0.3 is 0 Å². The predicted octanol–water partition coefficient (Wildman–Crippen LogP) is 16.9. The lowest BCUT2D eigenvalue weighted by Crippen LogP contribution is -2.06. The topological polar surface area (TPSA) is 83.1 Å². The van der Waals surface area contributed by atoms with Crippen molar-refractivity contribution in [1.82, 2.24) is 29.9 Å². The van der Waals surface area contributed by atoms with Gasteiger partial charge in [-0.05, 0) is 72.8 Å². The number of fused-ring (bicyclic) bond motifs is 8. The Labute approximate surface area is 442 Å². The third kappa shape index (κ3) is 8.45. The molecular weight excluding hydrogens is 1140 g/mol. The highest BCUT2D eigenvalue weighted by Crippen LogP contribution is 2.47. The maximum Gasteiger partial charge on any atom is 0.200 e. The number of pyridine rings is 2. The summed E-state index contributed by atoms with van der Waals surface area (Å²) in [5.41, 5.74) is -18.5. The van der Waals surface area contributed by atoms with E-state index in [-0.39, 0.29) is 33.3 Å². The molecule has 6 nitrogen and oxygen atoms in total. The summed E-state index contributed by atoms with van der Waals surface area (Å²) in [5, 5.41) is 0. The van der Waals surface area contributed by atoms with Crippen LogP contribution in [-0.2, 0) is 0 Å². The normalized spacial score (nSPS) is 12.1. The smallest absolute Gasteiger partial charge is 0.200 e. The minimum absolute atomic E-state index is 0.0161. The zero-order chi connectivity index (χ0) is 56.9. The molecule has 2 aliphatic rings. The van der Waals surface area contributed by atoms with E-state index in [4.69, 9.17) is 0 Å². The summed E-state index contributed by atoms with van der Waals surface area (Å²) < 4.78 is 287. The summed E-state index contributed by atoms with van der Waals surface area (Å²) in [5.74, 6) is -42.8. The van der Waals surface area contributed by atoms with Gasteiger partial charge in [0.2, 0.25) is 11.6 Å². The van der Waals surface area contributed by atoms with Crippen LogP contribution in [-0.4, -0.2) is 29.9 Å². The number of hydrogen-bond acceptors (Lipinski definition) is 6. The Bertz CT molecular complexity index is 4030. The Morgan fingerprint density at radius 1 is 0.250 bits per heavy atom. The fourth-order valence-corrected chi connectivity index (χ4v) is 10.5. The SMILES string of the molecule is Fc1c(F)c(F)c(-c2c3nc(c(-c4c(F)c(F)c(F)c(F)c4F)c4ccc([nH]4)c(-c4c(F)c(F)c(Sc5ccncc5)c(F)c4F)c4nc(c(-c5c(F)c(F)c(Sc6ccncc6)c(F)c5F)c5ccc2[nH]5)C=C4)C=C3)c(F)c1F. The highest BCUT2D eigenvalue weighted by Gasteiger charge is 2.35. The lowest BCUT2D eigenvalue weighted by Gasteiger charge is -2.14. The fourth-order valence-electron chi connectivity index (χ4n) is 8.80. The third-order valence-corrected chi connectivity index (χ3v) is 14.5. The molecule has 9 aromatic rings. The number of H-pyrrole nitrogens is 2. The molecule has 0 saturated carbocycles. The summed E-state index contributed by atoms with van der Waals surface area (Å²) in [6.45, 7) is 0. The second-order valence-corrected chi connectivity index (χ2v) is 19.1. The zero-order valence-electron chi connectivity index (χ0n) is 38.6. The first-order valence-corrected chi connectivity index (χ1v) is 23.9. The second-order valence-electron chi connectivity index (χ2n) is 16.9. The summed E-state index contributed by atoms with van der Waals surface area (Å²) in [6.07, 6.45) is 7.60. The third-order valence-electron chi connectivity index (χ3n) is 12.4. The van der Waals surface area contributed by atoms with Gasteiger partial charge in [-0.3, -0.25) is 9.97 Å². The van der Waals surface area contributed by atoms with Crippen LogP contribution in [0.3, 0.4) is 0 Å². The van der Waals surface area contributed by atoms with E-state index >= 15 is 70.2 Å². The molecule has 0 amide bonds. The molecule has 5 aromatic heterocycles. The molecule has 4 aromatic carbocycles. The van der Waals surface area contributed by atoms with Crippen molar-refractivity contribution in [3.05, 3.63) is 201 Å². The van der Waals surface area contributed by atoms with Gasteiger partial charge in [-0.25, -0.2) is 89.0 Å². The number of hydrogen-bond donors (Lipinski definition) is 2. The van der Waals surface area contributed by atoms with Crippen LogP contribution in [0.4, 0.5) is 79.0 Å². The molecule has 11 rings (SSSR count). The second kappa shape index (κ2) is 20.1. The predicted molar refractivity (Wildman–Crippen MR) is 257 cm³/mol. The van der Waals surface area contributed by atoms with Crippen LogP contribution in [0.15, 0.2) is 92.9 Å². The molecule has 80 heavy (non-hydrogen) atoms. The van der Waals surface area contributed by atoms with Gasteiger partial charge < -0.3 is 9.97 Å². The first-order chi connectivity index (χ1) is 38.2. The Morgan fingerprint density at radius 2 is 0.463 bits per heavy atom. The van der Waals surface area contributed by atoms with E-state index in [1.54, 1.807) is 0 Å². The summed E-state index contributed by atoms with van der Waals surface area (Å²) >= 11 is 0.394. The fraction of sp³-hybridized carbons (Fsp3) is 0. The molecule has 0 aliphatic carbocycles. The van der Waals surface area contributed by atoms with Gasteiger partial charge in [0, 0.05) is 78.9 Å². The van der Waals surface area contributed by atoms with Crippen LogP contribution in [0.25, 0.3) is 90.9 Å². The molecule has 0 radical (unpaired) electrons. The van der Waals surface area contributed by atoms with Crippen molar-refractivity contribution in [2.24, 2.45) is 0 Å². The minimum atomic E-state index is -2.68. The summed E-state index contributed by atoms with van der Waals surface area (Å²) in [6, 6.07) is 7.88. The Kier molecular flexibility index (Phi) is 13.4. The van der Waals surface area contributed by atoms with Crippen LogP contribution in [0.5, 0.6) is 0 Å². The lowest BCUT2D eigenvalue weighted by atomic mass is 10.0. The molecule has 8 bridgehead atoms. The summed E-state index contributed by atoms with van der Waals surface area (Å²) in [4.78, 5) is 18.1. The minimum Gasteiger partial charge on any atom is -0.354 e. The van der Waals surface area contributed by atoms with Crippen molar-refractivity contribution in [2.75, 3.05) is 0 Å². The molecule has 0 unspecified atom stereocenters. The van der Waals surface area contributed by atoms with E-state index in [0.717, 1.165) is 36.4 Å². The number of nitrogens with one attached hydrogen (secondary N) is 2. The summed E-state index contributed by atoms with van der Waals surface area (Å²) in [7, 11) is 0. The zero-order valence-corrected chi connectivity index (χ0v) is 40.3. The van der Waals surface area contributed by atoms with E-state index in [1.165, 1.54) is 49.1 Å². The van der Waals surface area contributed by atoms with Crippen molar-refractivity contribution in [1.29, 1.82) is 0 Å². The van der Waals surface area contributed by atoms with Crippen LogP contribution >= 0.6 is 23.5 Å². The number of nitrogens with zero attached hydrogens (tertiary/aromatic N) is 4. The molecular formula is C54H18F18N6S2. The van der Waals surface area contributed by atoms with E-state index in [2.05, 4.69) is 29.9 Å². The van der Waals surface area contributed by atoms with Crippen molar-refractivity contribution < 1.29 is 79.0 Å². The monoisotopic (exact) mass is 1160 g/mol. The van der Waals surface area contributed by atoms with Crippen molar-refractivity contribution >= 4 is 69.9 Å². The van der Waals surface area contributed by atoms with Crippen LogP contribution < -0.4 is 0 Å². The van der Waals surface area contributed by atoms with E-state index in [1.807, 2.05) is 0 Å². The van der Waals surface area contributed by atoms with E-state index < -0.39 is 204 Å². The molecule has 2 aliphatic heterocycles. The maximum absolute atomic E-state index is 16.9. The standard InChI is InChI=1S/C54H18F18N6S2/c55-35-31(36(56)44(64)47(67)43(35)63)27-19-1-2-20(75-19)28(32-37(57)45(65)48(68)46(66)38(32)58)22-4-6-24(77-22)30(34-41(61)51(71)54(52(72)42(34)62)80-18-11-15-74-16-12-18)26-8-7-25(78-26)29(23-5-3-21(27)76-23)33-39(59)49(69)53(50(70)40(33)60)79-17-9-13-73-14-10-17/h1-16,76-77H. The van der Waals surface area contributed by atoms with Gasteiger partial charge in [0.1, 0.15) is 0 Å². The molecule has 2 N–H and O–H groups in total. The number of benzene rings is 4. The molecule has 0 spiro atoms. The van der Waals surface area contributed by atoms with Gasteiger partial charge in [-0.15, -0.1) is 0 Å². The van der Waals surface area contributed by atoms with Crippen molar-refractivity contribution in [3.63, 3.8) is 0 Å². The molecule has 0 atom stereocenters. The highest BCUT2D eigenvalue weighted by atomic mass is 32.2. The van der Waals surface area contributed by atoms with Crippen LogP contribution in [0.1, 0.15) is 22.8 Å². The van der Waals surface area contributed by atoms with Crippen LogP contribution in [0.2, 0.25) is 0 Å². The number of aromatic amines is 2. The van der Waals surface area contributed by atoms with Gasteiger partial charge in [0.05, 0.1) is 54.8 Å². The largest absolute Gasteiger partial charge is 0.354 e. The molecule has 402 valence electrons.